The molecule has 0 radical (unpaired) electrons. The van der Waals surface area contributed by atoms with Crippen molar-refractivity contribution in [1.82, 2.24) is 10.4 Å². The highest BCUT2D eigenvalue weighted by Crippen LogP contribution is 2.36. The molecule has 108 valence electrons. The number of benzene rings is 1. The molecule has 0 aliphatic heterocycles. The maximum atomic E-state index is 12.5. The van der Waals surface area contributed by atoms with Crippen molar-refractivity contribution in [3.63, 3.8) is 0 Å². The standard InChI is InChI=1S/C11H8Cl2F3N3S/c12-6-2-1-5(3-7(6)13)9(19-17)8-4-18-10(20-8)11(14,15)16/h1-4,9,19H,17H2. The van der Waals surface area contributed by atoms with Gasteiger partial charge in [-0.05, 0) is 17.7 Å². The Labute approximate surface area is 126 Å². The summed E-state index contributed by atoms with van der Waals surface area (Å²) in [6.07, 6.45) is -3.33. The Hall–Kier alpha value is -0.860. The van der Waals surface area contributed by atoms with Crippen molar-refractivity contribution in [2.45, 2.75) is 12.2 Å². The van der Waals surface area contributed by atoms with Gasteiger partial charge < -0.3 is 0 Å². The van der Waals surface area contributed by atoms with E-state index in [2.05, 4.69) is 10.4 Å². The van der Waals surface area contributed by atoms with Gasteiger partial charge in [0.25, 0.3) is 0 Å². The molecule has 1 aromatic carbocycles. The van der Waals surface area contributed by atoms with E-state index in [1.165, 1.54) is 0 Å². The molecule has 0 amide bonds. The molecule has 3 N–H and O–H groups in total. The van der Waals surface area contributed by atoms with Gasteiger partial charge in [0.2, 0.25) is 0 Å². The number of aromatic nitrogens is 1. The second-order valence-corrected chi connectivity index (χ2v) is 5.72. The SMILES string of the molecule is NNC(c1ccc(Cl)c(Cl)c1)c1cnc(C(F)(F)F)s1. The van der Waals surface area contributed by atoms with Crippen LogP contribution in [0, 0.1) is 0 Å². The van der Waals surface area contributed by atoms with Crippen molar-refractivity contribution in [2.24, 2.45) is 5.84 Å². The fourth-order valence-corrected chi connectivity index (χ4v) is 2.76. The third-order valence-electron chi connectivity index (χ3n) is 2.49. The molecule has 0 aliphatic carbocycles. The third-order valence-corrected chi connectivity index (χ3v) is 4.34. The van der Waals surface area contributed by atoms with Crippen LogP contribution in [0.25, 0.3) is 0 Å². The van der Waals surface area contributed by atoms with Gasteiger partial charge >= 0.3 is 6.18 Å². The number of rotatable bonds is 3. The third kappa shape index (κ3) is 3.24. The van der Waals surface area contributed by atoms with Gasteiger partial charge in [0.05, 0.1) is 16.1 Å². The lowest BCUT2D eigenvalue weighted by Gasteiger charge is -2.14. The van der Waals surface area contributed by atoms with Gasteiger partial charge in [-0.1, -0.05) is 29.3 Å². The molecule has 0 bridgehead atoms. The highest BCUT2D eigenvalue weighted by Gasteiger charge is 2.35. The normalized spacial score (nSPS) is 13.5. The molecule has 0 saturated carbocycles. The average Bonchev–Trinajstić information content (AvgIpc) is 2.84. The van der Waals surface area contributed by atoms with Crippen LogP contribution in [0.4, 0.5) is 13.2 Å². The number of alkyl halides is 3. The number of nitrogens with zero attached hydrogens (tertiary/aromatic N) is 1. The van der Waals surface area contributed by atoms with Gasteiger partial charge in [0.15, 0.2) is 5.01 Å². The summed E-state index contributed by atoms with van der Waals surface area (Å²) in [6, 6.07) is 4.08. The fraction of sp³-hybridized carbons (Fsp3) is 0.182. The molecule has 1 atom stereocenters. The Morgan fingerprint density at radius 1 is 1.25 bits per heavy atom. The van der Waals surface area contributed by atoms with Gasteiger partial charge in [-0.3, -0.25) is 5.84 Å². The lowest BCUT2D eigenvalue weighted by molar-refractivity contribution is -0.137. The molecule has 2 rings (SSSR count). The first-order chi connectivity index (χ1) is 9.32. The molecule has 1 heterocycles. The van der Waals surface area contributed by atoms with Crippen LogP contribution in [0.15, 0.2) is 24.4 Å². The van der Waals surface area contributed by atoms with E-state index in [-0.39, 0.29) is 0 Å². The van der Waals surface area contributed by atoms with Crippen LogP contribution in [0.3, 0.4) is 0 Å². The number of hydrazine groups is 1. The first kappa shape index (κ1) is 15.5. The van der Waals surface area contributed by atoms with E-state index < -0.39 is 17.2 Å². The predicted molar refractivity (Wildman–Crippen MR) is 72.7 cm³/mol. The van der Waals surface area contributed by atoms with Gasteiger partial charge in [0, 0.05) is 11.1 Å². The van der Waals surface area contributed by atoms with Crippen LogP contribution < -0.4 is 11.3 Å². The Balaban J connectivity index is 2.37. The van der Waals surface area contributed by atoms with Crippen molar-refractivity contribution in [3.8, 4) is 0 Å². The summed E-state index contributed by atoms with van der Waals surface area (Å²) in [6.45, 7) is 0. The molecular formula is C11H8Cl2F3N3S. The molecule has 0 aliphatic rings. The van der Waals surface area contributed by atoms with E-state index in [9.17, 15) is 13.2 Å². The number of nitrogens with one attached hydrogen (secondary N) is 1. The lowest BCUT2D eigenvalue weighted by atomic mass is 10.1. The van der Waals surface area contributed by atoms with Crippen LogP contribution in [0.5, 0.6) is 0 Å². The van der Waals surface area contributed by atoms with Crippen molar-refractivity contribution < 1.29 is 13.2 Å². The monoisotopic (exact) mass is 341 g/mol. The molecular weight excluding hydrogens is 334 g/mol. The van der Waals surface area contributed by atoms with Crippen molar-refractivity contribution in [2.75, 3.05) is 0 Å². The summed E-state index contributed by atoms with van der Waals surface area (Å²) in [5.41, 5.74) is 3.04. The zero-order valence-electron chi connectivity index (χ0n) is 9.71. The smallest absolute Gasteiger partial charge is 0.271 e. The summed E-state index contributed by atoms with van der Waals surface area (Å²) in [5, 5.41) is -0.274. The van der Waals surface area contributed by atoms with Crippen molar-refractivity contribution in [1.29, 1.82) is 0 Å². The van der Waals surface area contributed by atoms with E-state index in [1.807, 2.05) is 0 Å². The highest BCUT2D eigenvalue weighted by atomic mass is 35.5. The summed E-state index contributed by atoms with van der Waals surface area (Å²) in [4.78, 5) is 3.69. The largest absolute Gasteiger partial charge is 0.443 e. The van der Waals surface area contributed by atoms with Crippen LogP contribution in [-0.4, -0.2) is 4.98 Å². The van der Waals surface area contributed by atoms with Gasteiger partial charge in [-0.2, -0.15) is 13.2 Å². The average molecular weight is 342 g/mol. The van der Waals surface area contributed by atoms with Crippen molar-refractivity contribution >= 4 is 34.5 Å². The minimum Gasteiger partial charge on any atom is -0.271 e. The molecule has 1 aromatic heterocycles. The molecule has 2 aromatic rings. The lowest BCUT2D eigenvalue weighted by Crippen LogP contribution is -2.28. The first-order valence-corrected chi connectivity index (χ1v) is 6.84. The number of thiazole rings is 1. The number of nitrogens with two attached hydrogens (primary N) is 1. The number of hydrogen-bond acceptors (Lipinski definition) is 4. The van der Waals surface area contributed by atoms with E-state index in [4.69, 9.17) is 29.0 Å². The second-order valence-electron chi connectivity index (χ2n) is 3.84. The maximum absolute atomic E-state index is 12.5. The highest BCUT2D eigenvalue weighted by molar-refractivity contribution is 7.11. The van der Waals surface area contributed by atoms with Crippen LogP contribution in [0.1, 0.15) is 21.5 Å². The minimum atomic E-state index is -4.47. The summed E-state index contributed by atoms with van der Waals surface area (Å²) < 4.78 is 37.6. The van der Waals surface area contributed by atoms with E-state index in [0.29, 0.717) is 31.8 Å². The van der Waals surface area contributed by atoms with Gasteiger partial charge in [0.1, 0.15) is 0 Å². The maximum Gasteiger partial charge on any atom is 0.443 e. The van der Waals surface area contributed by atoms with Gasteiger partial charge in [-0.25, -0.2) is 10.4 Å². The second kappa shape index (κ2) is 5.87. The van der Waals surface area contributed by atoms with Gasteiger partial charge in [-0.15, -0.1) is 11.3 Å². The Morgan fingerprint density at radius 3 is 2.45 bits per heavy atom. The summed E-state index contributed by atoms with van der Waals surface area (Å²) in [5.74, 6) is 5.41. The van der Waals surface area contributed by atoms with Crippen LogP contribution >= 0.6 is 34.5 Å². The topological polar surface area (TPSA) is 50.9 Å². The van der Waals surface area contributed by atoms with E-state index >= 15 is 0 Å². The molecule has 9 heteroatoms. The zero-order valence-corrected chi connectivity index (χ0v) is 12.0. The van der Waals surface area contributed by atoms with Crippen LogP contribution in [-0.2, 0) is 6.18 Å². The van der Waals surface area contributed by atoms with E-state index in [0.717, 1.165) is 6.20 Å². The Bertz CT molecular complexity index is 615. The molecule has 3 nitrogen and oxygen atoms in total. The predicted octanol–water partition coefficient (Wildman–Crippen LogP) is 4.02. The molecule has 0 spiro atoms. The number of halogens is 5. The zero-order chi connectivity index (χ0) is 14.9. The number of hydrogen-bond donors (Lipinski definition) is 2. The Kier molecular flexibility index (Phi) is 4.55. The Morgan fingerprint density at radius 2 is 1.95 bits per heavy atom. The molecule has 0 fully saturated rings. The molecule has 20 heavy (non-hydrogen) atoms. The minimum absolute atomic E-state index is 0.296. The quantitative estimate of drug-likeness (QED) is 0.654. The molecule has 0 saturated heterocycles. The van der Waals surface area contributed by atoms with Crippen molar-refractivity contribution in [3.05, 3.63) is 49.9 Å². The first-order valence-electron chi connectivity index (χ1n) is 5.27. The van der Waals surface area contributed by atoms with Crippen LogP contribution in [0.2, 0.25) is 10.0 Å². The fourth-order valence-electron chi connectivity index (χ4n) is 1.59. The summed E-state index contributed by atoms with van der Waals surface area (Å²) in [7, 11) is 0. The summed E-state index contributed by atoms with van der Waals surface area (Å²) >= 11 is 12.2. The van der Waals surface area contributed by atoms with E-state index in [1.54, 1.807) is 18.2 Å². The molecule has 1 unspecified atom stereocenters.